The van der Waals surface area contributed by atoms with Gasteiger partial charge in [0.1, 0.15) is 0 Å². The molecule has 1 aromatic heterocycles. The van der Waals surface area contributed by atoms with Gasteiger partial charge in [0, 0.05) is 22.7 Å². The molecule has 1 aliphatic rings. The third kappa shape index (κ3) is 4.07. The molecule has 0 saturated heterocycles. The van der Waals surface area contributed by atoms with Crippen molar-refractivity contribution in [3.05, 3.63) is 96.6 Å². The molecule has 4 aromatic carbocycles. The average molecular weight is 476 g/mol. The molecular formula is C29H20N2O5. The molecule has 0 spiro atoms. The number of rotatable bonds is 5. The lowest BCUT2D eigenvalue weighted by Gasteiger charge is -2.12. The van der Waals surface area contributed by atoms with Crippen molar-refractivity contribution in [3.8, 4) is 22.8 Å². The lowest BCUT2D eigenvalue weighted by atomic mass is 9.99. The number of carbonyl (C=O) groups excluding carboxylic acids is 2. The fraction of sp³-hybridized carbons (Fsp3) is 0.0690. The first-order valence-corrected chi connectivity index (χ1v) is 11.4. The van der Waals surface area contributed by atoms with E-state index in [1.54, 1.807) is 24.3 Å². The number of carbonyl (C=O) groups is 2. The molecular weight excluding hydrogens is 456 g/mol. The van der Waals surface area contributed by atoms with Crippen molar-refractivity contribution in [1.82, 2.24) is 4.98 Å². The summed E-state index contributed by atoms with van der Waals surface area (Å²) in [5, 5.41) is 5.47. The summed E-state index contributed by atoms with van der Waals surface area (Å²) >= 11 is 0. The monoisotopic (exact) mass is 476 g/mol. The fourth-order valence-corrected chi connectivity index (χ4v) is 4.31. The maximum Gasteiger partial charge on any atom is 0.339 e. The quantitative estimate of drug-likeness (QED) is 0.333. The Bertz CT molecular complexity index is 1640. The van der Waals surface area contributed by atoms with Crippen LogP contribution in [-0.4, -0.2) is 30.3 Å². The topological polar surface area (TPSA) is 86.8 Å². The number of nitrogens with one attached hydrogen (secondary N) is 1. The molecule has 36 heavy (non-hydrogen) atoms. The zero-order valence-electron chi connectivity index (χ0n) is 19.1. The van der Waals surface area contributed by atoms with Crippen LogP contribution in [0.15, 0.2) is 91.0 Å². The molecule has 0 saturated carbocycles. The third-order valence-electron chi connectivity index (χ3n) is 5.99. The van der Waals surface area contributed by atoms with E-state index in [9.17, 15) is 9.59 Å². The van der Waals surface area contributed by atoms with Gasteiger partial charge in [-0.1, -0.05) is 60.7 Å². The van der Waals surface area contributed by atoms with Gasteiger partial charge in [-0.2, -0.15) is 0 Å². The van der Waals surface area contributed by atoms with E-state index < -0.39 is 18.5 Å². The number of amides is 1. The smallest absolute Gasteiger partial charge is 0.339 e. The van der Waals surface area contributed by atoms with Gasteiger partial charge < -0.3 is 19.5 Å². The van der Waals surface area contributed by atoms with Crippen molar-refractivity contribution in [2.75, 3.05) is 18.7 Å². The summed E-state index contributed by atoms with van der Waals surface area (Å²) in [7, 11) is 0. The second-order valence-corrected chi connectivity index (χ2v) is 8.29. The standard InChI is InChI=1S/C29H20N2O5/c32-28(30-19-12-13-26-27(14-19)36-17-35-26)16-34-29(33)23-15-25(31-24-11-4-3-9-22(23)24)21-10-5-7-18-6-1-2-8-20(18)21/h1-15H,16-17H2,(H,30,32). The van der Waals surface area contributed by atoms with Crippen LogP contribution in [0, 0.1) is 0 Å². The summed E-state index contributed by atoms with van der Waals surface area (Å²) in [5.41, 5.74) is 3.10. The van der Waals surface area contributed by atoms with Gasteiger partial charge in [0.05, 0.1) is 16.8 Å². The Morgan fingerprint density at radius 1 is 0.833 bits per heavy atom. The Hall–Kier alpha value is -4.91. The first kappa shape index (κ1) is 21.6. The van der Waals surface area contributed by atoms with Crippen LogP contribution >= 0.6 is 0 Å². The van der Waals surface area contributed by atoms with Gasteiger partial charge in [0.25, 0.3) is 5.91 Å². The number of hydrogen-bond donors (Lipinski definition) is 1. The van der Waals surface area contributed by atoms with E-state index in [4.69, 9.17) is 19.2 Å². The molecule has 1 amide bonds. The summed E-state index contributed by atoms with van der Waals surface area (Å²) < 4.78 is 16.0. The predicted octanol–water partition coefficient (Wildman–Crippen LogP) is 5.58. The van der Waals surface area contributed by atoms with Crippen LogP contribution in [0.1, 0.15) is 10.4 Å². The van der Waals surface area contributed by atoms with E-state index >= 15 is 0 Å². The van der Waals surface area contributed by atoms with E-state index in [1.165, 1.54) is 0 Å². The molecule has 5 aromatic rings. The van der Waals surface area contributed by atoms with Gasteiger partial charge >= 0.3 is 5.97 Å². The summed E-state index contributed by atoms with van der Waals surface area (Å²) in [6.45, 7) is -0.293. The van der Waals surface area contributed by atoms with Crippen LogP contribution in [0.5, 0.6) is 11.5 Å². The highest BCUT2D eigenvalue weighted by atomic mass is 16.7. The molecule has 1 aliphatic heterocycles. The number of fused-ring (bicyclic) bond motifs is 3. The van der Waals surface area contributed by atoms with E-state index in [-0.39, 0.29) is 6.79 Å². The average Bonchev–Trinajstić information content (AvgIpc) is 3.39. The van der Waals surface area contributed by atoms with E-state index in [2.05, 4.69) is 5.32 Å². The number of pyridine rings is 1. The fourth-order valence-electron chi connectivity index (χ4n) is 4.31. The Morgan fingerprint density at radius 3 is 2.53 bits per heavy atom. The highest BCUT2D eigenvalue weighted by molar-refractivity contribution is 6.07. The predicted molar refractivity (Wildman–Crippen MR) is 136 cm³/mol. The Balaban J connectivity index is 1.27. The summed E-state index contributed by atoms with van der Waals surface area (Å²) in [6.07, 6.45) is 0. The number of benzene rings is 4. The molecule has 176 valence electrons. The molecule has 6 rings (SSSR count). The van der Waals surface area contributed by atoms with Crippen molar-refractivity contribution < 1.29 is 23.8 Å². The first-order valence-electron chi connectivity index (χ1n) is 11.4. The van der Waals surface area contributed by atoms with Crippen LogP contribution in [0.4, 0.5) is 5.69 Å². The van der Waals surface area contributed by atoms with E-state index in [1.807, 2.05) is 66.7 Å². The van der Waals surface area contributed by atoms with Crippen molar-refractivity contribution in [3.63, 3.8) is 0 Å². The van der Waals surface area contributed by atoms with Gasteiger partial charge in [0.2, 0.25) is 6.79 Å². The van der Waals surface area contributed by atoms with Crippen LogP contribution in [0.2, 0.25) is 0 Å². The minimum absolute atomic E-state index is 0.144. The zero-order valence-corrected chi connectivity index (χ0v) is 19.1. The van der Waals surface area contributed by atoms with Gasteiger partial charge in [-0.05, 0) is 35.0 Å². The van der Waals surface area contributed by atoms with Crippen LogP contribution in [0.3, 0.4) is 0 Å². The van der Waals surface area contributed by atoms with Crippen molar-refractivity contribution in [2.45, 2.75) is 0 Å². The molecule has 2 heterocycles. The zero-order chi connectivity index (χ0) is 24.5. The second kappa shape index (κ2) is 9.03. The van der Waals surface area contributed by atoms with Gasteiger partial charge in [0.15, 0.2) is 18.1 Å². The molecule has 7 heteroatoms. The number of esters is 1. The van der Waals surface area contributed by atoms with Gasteiger partial charge in [-0.3, -0.25) is 4.79 Å². The normalized spacial score (nSPS) is 12.0. The molecule has 0 aliphatic carbocycles. The van der Waals surface area contributed by atoms with Crippen LogP contribution in [-0.2, 0) is 9.53 Å². The van der Waals surface area contributed by atoms with E-state index in [0.717, 1.165) is 16.3 Å². The number of para-hydroxylation sites is 1. The van der Waals surface area contributed by atoms with Crippen LogP contribution in [0.25, 0.3) is 32.9 Å². The lowest BCUT2D eigenvalue weighted by molar-refractivity contribution is -0.119. The number of anilines is 1. The lowest BCUT2D eigenvalue weighted by Crippen LogP contribution is -2.21. The minimum Gasteiger partial charge on any atom is -0.454 e. The first-order chi connectivity index (χ1) is 17.7. The molecule has 7 nitrogen and oxygen atoms in total. The summed E-state index contributed by atoms with van der Waals surface area (Å²) in [4.78, 5) is 30.4. The molecule has 1 N–H and O–H groups in total. The molecule has 0 unspecified atom stereocenters. The molecule has 0 atom stereocenters. The Labute approximate surface area is 206 Å². The number of aromatic nitrogens is 1. The highest BCUT2D eigenvalue weighted by Gasteiger charge is 2.18. The number of nitrogens with zero attached hydrogens (tertiary/aromatic N) is 1. The third-order valence-corrected chi connectivity index (χ3v) is 5.99. The largest absolute Gasteiger partial charge is 0.454 e. The maximum atomic E-state index is 13.1. The van der Waals surface area contributed by atoms with Gasteiger partial charge in [-0.15, -0.1) is 0 Å². The minimum atomic E-state index is -0.601. The summed E-state index contributed by atoms with van der Waals surface area (Å²) in [5.74, 6) is 0.103. The maximum absolute atomic E-state index is 13.1. The summed E-state index contributed by atoms with van der Waals surface area (Å²) in [6, 6.07) is 28.2. The van der Waals surface area contributed by atoms with Crippen LogP contribution < -0.4 is 14.8 Å². The molecule has 0 bridgehead atoms. The van der Waals surface area contributed by atoms with Crippen molar-refractivity contribution in [1.29, 1.82) is 0 Å². The van der Waals surface area contributed by atoms with Crippen molar-refractivity contribution >= 4 is 39.2 Å². The van der Waals surface area contributed by atoms with Crippen molar-refractivity contribution in [2.24, 2.45) is 0 Å². The van der Waals surface area contributed by atoms with Gasteiger partial charge in [-0.25, -0.2) is 9.78 Å². The second-order valence-electron chi connectivity index (χ2n) is 8.29. The number of ether oxygens (including phenoxy) is 3. The Kier molecular flexibility index (Phi) is 5.42. The van der Waals surface area contributed by atoms with E-state index in [0.29, 0.717) is 39.3 Å². The highest BCUT2D eigenvalue weighted by Crippen LogP contribution is 2.34. The SMILES string of the molecule is O=C(COC(=O)c1cc(-c2cccc3ccccc23)nc2ccccc12)Nc1ccc2c(c1)OCO2. The molecule has 0 fully saturated rings. The Morgan fingerprint density at radius 2 is 1.61 bits per heavy atom. The number of hydrogen-bond acceptors (Lipinski definition) is 6. The molecule has 0 radical (unpaired) electrons.